The Morgan fingerprint density at radius 2 is 1.90 bits per heavy atom. The van der Waals surface area contributed by atoms with Crippen LogP contribution in [0.5, 0.6) is 5.75 Å². The second kappa shape index (κ2) is 8.85. The van der Waals surface area contributed by atoms with Gasteiger partial charge in [0.15, 0.2) is 23.0 Å². The summed E-state index contributed by atoms with van der Waals surface area (Å²) in [7, 11) is 0. The van der Waals surface area contributed by atoms with E-state index < -0.39 is 0 Å². The Kier molecular flexibility index (Phi) is 7.10. The minimum atomic E-state index is 0.421. The van der Waals surface area contributed by atoms with E-state index in [1.165, 1.54) is 50.5 Å². The SMILES string of the molecule is CCCCCCC1CCC(c2ccc(OI)cc2)NN1. The van der Waals surface area contributed by atoms with Gasteiger partial charge in [-0.05, 0) is 37.0 Å². The first-order valence-corrected chi connectivity index (χ1v) is 8.61. The molecule has 2 unspecified atom stereocenters. The fraction of sp³-hybridized carbons (Fsp3) is 0.625. The number of hydrogen-bond donors (Lipinski definition) is 2. The van der Waals surface area contributed by atoms with Crippen LogP contribution in [0.1, 0.15) is 63.5 Å². The van der Waals surface area contributed by atoms with E-state index in [2.05, 4.69) is 29.9 Å². The highest BCUT2D eigenvalue weighted by Crippen LogP contribution is 2.25. The van der Waals surface area contributed by atoms with Crippen LogP contribution in [-0.2, 0) is 0 Å². The molecule has 1 aliphatic heterocycles. The van der Waals surface area contributed by atoms with Gasteiger partial charge in [-0.1, -0.05) is 44.7 Å². The zero-order chi connectivity index (χ0) is 14.2. The summed E-state index contributed by atoms with van der Waals surface area (Å²) in [6.45, 7) is 2.26. The summed E-state index contributed by atoms with van der Waals surface area (Å²) in [5.41, 5.74) is 8.29. The first-order valence-electron chi connectivity index (χ1n) is 7.73. The van der Waals surface area contributed by atoms with Crippen LogP contribution in [0.15, 0.2) is 24.3 Å². The van der Waals surface area contributed by atoms with Crippen molar-refractivity contribution in [2.45, 2.75) is 64.0 Å². The minimum Gasteiger partial charge on any atom is -0.428 e. The number of hydrazine groups is 1. The highest BCUT2D eigenvalue weighted by atomic mass is 127. The molecule has 1 aliphatic rings. The molecule has 3 nitrogen and oxygen atoms in total. The van der Waals surface area contributed by atoms with Gasteiger partial charge in [-0.3, -0.25) is 10.9 Å². The molecule has 0 aromatic heterocycles. The van der Waals surface area contributed by atoms with Crippen molar-refractivity contribution in [1.82, 2.24) is 10.9 Å². The van der Waals surface area contributed by atoms with Crippen molar-refractivity contribution >= 4 is 23.0 Å². The summed E-state index contributed by atoms with van der Waals surface area (Å²) in [6, 6.07) is 9.41. The largest absolute Gasteiger partial charge is 0.428 e. The van der Waals surface area contributed by atoms with Crippen molar-refractivity contribution in [2.75, 3.05) is 0 Å². The van der Waals surface area contributed by atoms with Crippen LogP contribution in [0.3, 0.4) is 0 Å². The third-order valence-corrected chi connectivity index (χ3v) is 4.55. The lowest BCUT2D eigenvalue weighted by Crippen LogP contribution is -2.47. The van der Waals surface area contributed by atoms with E-state index in [-0.39, 0.29) is 0 Å². The summed E-state index contributed by atoms with van der Waals surface area (Å²) in [5.74, 6) is 0.909. The van der Waals surface area contributed by atoms with Crippen LogP contribution in [0, 0.1) is 0 Å². The summed E-state index contributed by atoms with van der Waals surface area (Å²) < 4.78 is 5.17. The van der Waals surface area contributed by atoms with Crippen molar-refractivity contribution in [3.05, 3.63) is 29.8 Å². The van der Waals surface area contributed by atoms with Crippen LogP contribution in [0.4, 0.5) is 0 Å². The average molecular weight is 388 g/mol. The van der Waals surface area contributed by atoms with Crippen molar-refractivity contribution < 1.29 is 3.07 Å². The second-order valence-electron chi connectivity index (χ2n) is 5.61. The Hall–Kier alpha value is -0.330. The molecular weight excluding hydrogens is 363 g/mol. The summed E-state index contributed by atoms with van der Waals surface area (Å²) >= 11 is 1.91. The van der Waals surface area contributed by atoms with Gasteiger partial charge >= 0.3 is 0 Å². The van der Waals surface area contributed by atoms with Gasteiger partial charge in [-0.2, -0.15) is 0 Å². The number of halogens is 1. The Labute approximate surface area is 136 Å². The third kappa shape index (κ3) is 4.90. The molecule has 1 heterocycles. The highest BCUT2D eigenvalue weighted by molar-refractivity contribution is 14.1. The van der Waals surface area contributed by atoms with E-state index >= 15 is 0 Å². The van der Waals surface area contributed by atoms with Gasteiger partial charge in [0.2, 0.25) is 0 Å². The molecule has 4 heteroatoms. The maximum absolute atomic E-state index is 5.17. The van der Waals surface area contributed by atoms with Crippen molar-refractivity contribution in [1.29, 1.82) is 0 Å². The van der Waals surface area contributed by atoms with Gasteiger partial charge in [-0.15, -0.1) is 0 Å². The molecule has 0 saturated carbocycles. The molecule has 0 spiro atoms. The molecule has 112 valence electrons. The van der Waals surface area contributed by atoms with E-state index in [1.54, 1.807) is 0 Å². The Morgan fingerprint density at radius 3 is 2.50 bits per heavy atom. The van der Waals surface area contributed by atoms with Gasteiger partial charge in [0.05, 0.1) is 0 Å². The summed E-state index contributed by atoms with van der Waals surface area (Å²) in [4.78, 5) is 0. The topological polar surface area (TPSA) is 33.3 Å². The number of rotatable bonds is 7. The van der Waals surface area contributed by atoms with Crippen LogP contribution in [-0.4, -0.2) is 6.04 Å². The monoisotopic (exact) mass is 388 g/mol. The Morgan fingerprint density at radius 1 is 1.10 bits per heavy atom. The van der Waals surface area contributed by atoms with E-state index in [9.17, 15) is 0 Å². The zero-order valence-electron chi connectivity index (χ0n) is 12.2. The number of unbranched alkanes of at least 4 members (excludes halogenated alkanes) is 3. The average Bonchev–Trinajstić information content (AvgIpc) is 2.52. The second-order valence-corrected chi connectivity index (χ2v) is 6.05. The quantitative estimate of drug-likeness (QED) is 0.526. The lowest BCUT2D eigenvalue weighted by Gasteiger charge is -2.31. The Bertz CT molecular complexity index is 375. The smallest absolute Gasteiger partial charge is 0.192 e. The molecule has 2 N–H and O–H groups in total. The van der Waals surface area contributed by atoms with Crippen molar-refractivity contribution in [3.63, 3.8) is 0 Å². The number of benzene rings is 1. The predicted octanol–water partition coefficient (Wildman–Crippen LogP) is 4.68. The molecule has 0 aliphatic carbocycles. The first kappa shape index (κ1) is 16.0. The van der Waals surface area contributed by atoms with Gasteiger partial charge in [0.25, 0.3) is 0 Å². The molecule has 0 radical (unpaired) electrons. The predicted molar refractivity (Wildman–Crippen MR) is 91.9 cm³/mol. The Balaban J connectivity index is 1.73. The third-order valence-electron chi connectivity index (χ3n) is 4.04. The molecule has 2 atom stereocenters. The van der Waals surface area contributed by atoms with Gasteiger partial charge in [0, 0.05) is 12.1 Å². The van der Waals surface area contributed by atoms with Crippen LogP contribution in [0.2, 0.25) is 0 Å². The minimum absolute atomic E-state index is 0.421. The molecule has 1 fully saturated rings. The fourth-order valence-corrected chi connectivity index (χ4v) is 3.06. The molecule has 0 bridgehead atoms. The van der Waals surface area contributed by atoms with E-state index in [4.69, 9.17) is 3.07 Å². The highest BCUT2D eigenvalue weighted by Gasteiger charge is 2.20. The number of hydrogen-bond acceptors (Lipinski definition) is 3. The van der Waals surface area contributed by atoms with E-state index in [0.29, 0.717) is 12.1 Å². The zero-order valence-corrected chi connectivity index (χ0v) is 14.4. The molecule has 0 amide bonds. The molecule has 1 saturated heterocycles. The van der Waals surface area contributed by atoms with Crippen LogP contribution >= 0.6 is 23.0 Å². The maximum Gasteiger partial charge on any atom is 0.192 e. The van der Waals surface area contributed by atoms with Crippen LogP contribution in [0.25, 0.3) is 0 Å². The van der Waals surface area contributed by atoms with Gasteiger partial charge in [0.1, 0.15) is 5.75 Å². The first-order chi connectivity index (χ1) is 9.83. The lowest BCUT2D eigenvalue weighted by atomic mass is 9.95. The molecule has 1 aromatic carbocycles. The number of nitrogens with one attached hydrogen (secondary N) is 2. The van der Waals surface area contributed by atoms with Crippen molar-refractivity contribution in [2.24, 2.45) is 0 Å². The van der Waals surface area contributed by atoms with Gasteiger partial charge in [-0.25, -0.2) is 0 Å². The fourth-order valence-electron chi connectivity index (χ4n) is 2.77. The van der Waals surface area contributed by atoms with Gasteiger partial charge < -0.3 is 3.07 Å². The standard InChI is InChI=1S/C16H25IN2O/c1-2-3-4-5-6-14-9-12-16(19-18-14)13-7-10-15(20-17)11-8-13/h7-8,10-11,14,16,18-19H,2-6,9,12H2,1H3. The van der Waals surface area contributed by atoms with E-state index in [1.807, 2.05) is 35.1 Å². The maximum atomic E-state index is 5.17. The summed E-state index contributed by atoms with van der Waals surface area (Å²) in [5, 5.41) is 0. The van der Waals surface area contributed by atoms with Crippen molar-refractivity contribution in [3.8, 4) is 5.75 Å². The van der Waals surface area contributed by atoms with E-state index in [0.717, 1.165) is 5.75 Å². The summed E-state index contributed by atoms with van der Waals surface area (Å²) in [6.07, 6.45) is 9.16. The normalized spacial score (nSPS) is 22.7. The van der Waals surface area contributed by atoms with Crippen LogP contribution < -0.4 is 13.9 Å². The molecule has 20 heavy (non-hydrogen) atoms. The molecule has 1 aromatic rings. The lowest BCUT2D eigenvalue weighted by molar-refractivity contribution is 0.264. The molecular formula is C16H25IN2O. The molecule has 2 rings (SSSR count).